The third-order valence-electron chi connectivity index (χ3n) is 3.50. The monoisotopic (exact) mass is 243 g/mol. The van der Waals surface area contributed by atoms with Crippen molar-refractivity contribution in [1.82, 2.24) is 10.2 Å². The van der Waals surface area contributed by atoms with Crippen molar-refractivity contribution in [3.63, 3.8) is 0 Å². The molecule has 102 valence electrons. The van der Waals surface area contributed by atoms with Crippen LogP contribution in [0.5, 0.6) is 0 Å². The number of nitrogens with two attached hydrogens (primary N) is 1. The Kier molecular flexibility index (Phi) is 6.13. The maximum atomic E-state index is 12.0. The summed E-state index contributed by atoms with van der Waals surface area (Å²) in [6.45, 7) is 9.34. The number of hydrogen-bond acceptors (Lipinski definition) is 3. The molecule has 0 radical (unpaired) electrons. The van der Waals surface area contributed by atoms with Gasteiger partial charge in [0, 0.05) is 12.1 Å². The van der Waals surface area contributed by atoms with E-state index in [-0.39, 0.29) is 5.91 Å². The van der Waals surface area contributed by atoms with Crippen molar-refractivity contribution in [2.45, 2.75) is 46.1 Å². The van der Waals surface area contributed by atoms with Gasteiger partial charge in [0.2, 0.25) is 5.91 Å². The summed E-state index contributed by atoms with van der Waals surface area (Å²) >= 11 is 0. The van der Waals surface area contributed by atoms with E-state index in [0.717, 1.165) is 25.9 Å². The van der Waals surface area contributed by atoms with Gasteiger partial charge < -0.3 is 16.0 Å². The Morgan fingerprint density at radius 1 is 1.18 bits per heavy atom. The van der Waals surface area contributed by atoms with Crippen LogP contribution in [-0.2, 0) is 4.79 Å². The molecule has 0 spiro atoms. The van der Waals surface area contributed by atoms with E-state index in [9.17, 15) is 4.79 Å². The van der Waals surface area contributed by atoms with Crippen LogP contribution in [0.2, 0.25) is 0 Å². The Balaban J connectivity index is 3.95. The van der Waals surface area contributed by atoms with Crippen molar-refractivity contribution in [2.24, 2.45) is 11.1 Å². The van der Waals surface area contributed by atoms with Crippen LogP contribution in [0.15, 0.2) is 0 Å². The molecule has 17 heavy (non-hydrogen) atoms. The number of hydrogen-bond donors (Lipinski definition) is 2. The van der Waals surface area contributed by atoms with E-state index in [1.54, 1.807) is 0 Å². The van der Waals surface area contributed by atoms with Crippen LogP contribution in [0.1, 0.15) is 40.5 Å². The Hall–Kier alpha value is -0.610. The number of rotatable bonds is 7. The van der Waals surface area contributed by atoms with Crippen LogP contribution in [0, 0.1) is 5.41 Å². The van der Waals surface area contributed by atoms with Gasteiger partial charge in [-0.25, -0.2) is 0 Å². The summed E-state index contributed by atoms with van der Waals surface area (Å²) in [5.41, 5.74) is 4.96. The van der Waals surface area contributed by atoms with Crippen molar-refractivity contribution >= 4 is 5.91 Å². The van der Waals surface area contributed by atoms with Crippen LogP contribution < -0.4 is 11.1 Å². The molecule has 0 rings (SSSR count). The second kappa shape index (κ2) is 6.36. The second-order valence-corrected chi connectivity index (χ2v) is 6.11. The summed E-state index contributed by atoms with van der Waals surface area (Å²) < 4.78 is 0. The zero-order chi connectivity index (χ0) is 13.7. The summed E-state index contributed by atoms with van der Waals surface area (Å²) in [6, 6.07) is 0. The predicted octanol–water partition coefficient (Wildman–Crippen LogP) is 1.21. The van der Waals surface area contributed by atoms with Crippen molar-refractivity contribution in [1.29, 1.82) is 0 Å². The standard InChI is InChI=1S/C13H29N3O/c1-12(2,13(3,4)14)11(17)15-9-7-8-10-16(5)6/h7-10,14H2,1-6H3,(H,15,17). The molecule has 0 saturated carbocycles. The van der Waals surface area contributed by atoms with E-state index >= 15 is 0 Å². The number of unbranched alkanes of at least 4 members (excludes halogenated alkanes) is 1. The lowest BCUT2D eigenvalue weighted by Gasteiger charge is -2.36. The highest BCUT2D eigenvalue weighted by Crippen LogP contribution is 2.28. The van der Waals surface area contributed by atoms with Gasteiger partial charge in [-0.3, -0.25) is 4.79 Å². The molecule has 4 heteroatoms. The fourth-order valence-corrected chi connectivity index (χ4v) is 1.27. The molecule has 0 heterocycles. The Morgan fingerprint density at radius 3 is 2.12 bits per heavy atom. The highest BCUT2D eigenvalue weighted by Gasteiger charge is 2.39. The maximum Gasteiger partial charge on any atom is 0.227 e. The molecule has 0 atom stereocenters. The fraction of sp³-hybridized carbons (Fsp3) is 0.923. The quantitative estimate of drug-likeness (QED) is 0.661. The zero-order valence-corrected chi connectivity index (χ0v) is 12.3. The topological polar surface area (TPSA) is 58.4 Å². The first-order valence-electron chi connectivity index (χ1n) is 6.31. The molecule has 0 aliphatic carbocycles. The summed E-state index contributed by atoms with van der Waals surface area (Å²) in [5, 5.41) is 2.97. The minimum Gasteiger partial charge on any atom is -0.356 e. The number of carbonyl (C=O) groups is 1. The number of amides is 1. The SMILES string of the molecule is CN(C)CCCCNC(=O)C(C)(C)C(C)(C)N. The minimum atomic E-state index is -0.547. The Labute approximate surface area is 106 Å². The van der Waals surface area contributed by atoms with Gasteiger partial charge in [-0.2, -0.15) is 0 Å². The molecule has 4 nitrogen and oxygen atoms in total. The lowest BCUT2D eigenvalue weighted by molar-refractivity contribution is -0.132. The fourth-order valence-electron chi connectivity index (χ4n) is 1.27. The molecular formula is C13H29N3O. The highest BCUT2D eigenvalue weighted by molar-refractivity contribution is 5.83. The average molecular weight is 243 g/mol. The van der Waals surface area contributed by atoms with E-state index < -0.39 is 11.0 Å². The molecule has 0 aromatic heterocycles. The van der Waals surface area contributed by atoms with E-state index in [1.165, 1.54) is 0 Å². The number of nitrogens with zero attached hydrogens (tertiary/aromatic N) is 1. The zero-order valence-electron chi connectivity index (χ0n) is 12.3. The van der Waals surface area contributed by atoms with E-state index in [2.05, 4.69) is 24.3 Å². The van der Waals surface area contributed by atoms with Crippen LogP contribution in [0.4, 0.5) is 0 Å². The maximum absolute atomic E-state index is 12.0. The van der Waals surface area contributed by atoms with E-state index in [0.29, 0.717) is 0 Å². The van der Waals surface area contributed by atoms with Gasteiger partial charge >= 0.3 is 0 Å². The van der Waals surface area contributed by atoms with Crippen LogP contribution >= 0.6 is 0 Å². The van der Waals surface area contributed by atoms with E-state index in [4.69, 9.17) is 5.73 Å². The third-order valence-corrected chi connectivity index (χ3v) is 3.50. The summed E-state index contributed by atoms with van der Waals surface area (Å²) in [7, 11) is 4.11. The van der Waals surface area contributed by atoms with Gasteiger partial charge in [0.05, 0.1) is 5.41 Å². The molecule has 0 aliphatic heterocycles. The van der Waals surface area contributed by atoms with Gasteiger partial charge in [-0.05, 0) is 61.2 Å². The van der Waals surface area contributed by atoms with Crippen LogP contribution in [0.25, 0.3) is 0 Å². The smallest absolute Gasteiger partial charge is 0.227 e. The number of nitrogens with one attached hydrogen (secondary N) is 1. The molecular weight excluding hydrogens is 214 g/mol. The lowest BCUT2D eigenvalue weighted by atomic mass is 9.74. The average Bonchev–Trinajstić information content (AvgIpc) is 2.14. The summed E-state index contributed by atoms with van der Waals surface area (Å²) in [4.78, 5) is 14.2. The molecule has 0 aromatic rings. The second-order valence-electron chi connectivity index (χ2n) is 6.11. The van der Waals surface area contributed by atoms with Crippen molar-refractivity contribution in [2.75, 3.05) is 27.2 Å². The largest absolute Gasteiger partial charge is 0.356 e. The number of carbonyl (C=O) groups excluding carboxylic acids is 1. The minimum absolute atomic E-state index is 0.0369. The van der Waals surface area contributed by atoms with Crippen LogP contribution in [0.3, 0.4) is 0 Å². The first-order chi connectivity index (χ1) is 7.59. The molecule has 3 N–H and O–H groups in total. The Morgan fingerprint density at radius 2 is 1.71 bits per heavy atom. The first kappa shape index (κ1) is 16.4. The molecule has 0 bridgehead atoms. The van der Waals surface area contributed by atoms with Crippen molar-refractivity contribution in [3.05, 3.63) is 0 Å². The first-order valence-corrected chi connectivity index (χ1v) is 6.31. The summed E-state index contributed by atoms with van der Waals surface area (Å²) in [5.74, 6) is 0.0369. The predicted molar refractivity (Wildman–Crippen MR) is 72.8 cm³/mol. The molecule has 0 aliphatic rings. The molecule has 0 fully saturated rings. The Bertz CT molecular complexity index is 242. The van der Waals surface area contributed by atoms with E-state index in [1.807, 2.05) is 27.7 Å². The molecule has 0 aromatic carbocycles. The van der Waals surface area contributed by atoms with Gasteiger partial charge in [0.1, 0.15) is 0 Å². The summed E-state index contributed by atoms with van der Waals surface area (Å²) in [6.07, 6.45) is 2.10. The highest BCUT2D eigenvalue weighted by atomic mass is 16.2. The van der Waals surface area contributed by atoms with Gasteiger partial charge in [-0.1, -0.05) is 0 Å². The van der Waals surface area contributed by atoms with Gasteiger partial charge in [-0.15, -0.1) is 0 Å². The van der Waals surface area contributed by atoms with Gasteiger partial charge in [0.15, 0.2) is 0 Å². The van der Waals surface area contributed by atoms with Gasteiger partial charge in [0.25, 0.3) is 0 Å². The lowest BCUT2D eigenvalue weighted by Crippen LogP contribution is -2.55. The third kappa shape index (κ3) is 5.50. The van der Waals surface area contributed by atoms with Crippen molar-refractivity contribution < 1.29 is 4.79 Å². The molecule has 1 amide bonds. The normalized spacial score (nSPS) is 12.9. The van der Waals surface area contributed by atoms with Crippen molar-refractivity contribution in [3.8, 4) is 0 Å². The molecule has 0 unspecified atom stereocenters. The van der Waals surface area contributed by atoms with Crippen LogP contribution in [-0.4, -0.2) is 43.5 Å². The molecule has 0 saturated heterocycles.